The minimum Gasteiger partial charge on any atom is -0.497 e. The molecule has 0 aliphatic heterocycles. The minimum absolute atomic E-state index is 0.0820. The van der Waals surface area contributed by atoms with Gasteiger partial charge >= 0.3 is 0 Å². The molecule has 6 nitrogen and oxygen atoms in total. The van der Waals surface area contributed by atoms with Gasteiger partial charge in [-0.2, -0.15) is 0 Å². The zero-order valence-corrected chi connectivity index (χ0v) is 14.7. The van der Waals surface area contributed by atoms with Gasteiger partial charge in [0.25, 0.3) is 0 Å². The van der Waals surface area contributed by atoms with Crippen LogP contribution in [0.2, 0.25) is 0 Å². The number of carbonyl (C=O) groups excluding carboxylic acids is 1. The Morgan fingerprint density at radius 1 is 0.920 bits per heavy atom. The smallest absolute Gasteiger partial charge is 0.224 e. The van der Waals surface area contributed by atoms with Crippen molar-refractivity contribution in [3.63, 3.8) is 0 Å². The number of rotatable bonds is 9. The van der Waals surface area contributed by atoms with Crippen molar-refractivity contribution in [2.45, 2.75) is 6.42 Å². The van der Waals surface area contributed by atoms with Gasteiger partial charge in [0.2, 0.25) is 5.91 Å². The van der Waals surface area contributed by atoms with Crippen molar-refractivity contribution >= 4 is 5.91 Å². The summed E-state index contributed by atoms with van der Waals surface area (Å²) in [4.78, 5) is 12.0. The van der Waals surface area contributed by atoms with E-state index in [4.69, 9.17) is 18.9 Å². The highest BCUT2D eigenvalue weighted by molar-refractivity contribution is 5.78. The van der Waals surface area contributed by atoms with E-state index in [1.54, 1.807) is 39.5 Å². The fraction of sp³-hybridized carbons (Fsp3) is 0.316. The number of ether oxygens (including phenoxy) is 4. The Hall–Kier alpha value is -2.89. The Bertz CT molecular complexity index is 702. The lowest BCUT2D eigenvalue weighted by atomic mass is 10.1. The van der Waals surface area contributed by atoms with Crippen LogP contribution in [0.15, 0.2) is 42.5 Å². The van der Waals surface area contributed by atoms with Gasteiger partial charge in [0, 0.05) is 6.07 Å². The maximum Gasteiger partial charge on any atom is 0.224 e. The van der Waals surface area contributed by atoms with Crippen LogP contribution < -0.4 is 24.3 Å². The molecule has 1 amide bonds. The lowest BCUT2D eigenvalue weighted by Crippen LogP contribution is -2.29. The number of amides is 1. The summed E-state index contributed by atoms with van der Waals surface area (Å²) < 4.78 is 21.1. The molecule has 1 N–H and O–H groups in total. The highest BCUT2D eigenvalue weighted by atomic mass is 16.5. The molecule has 25 heavy (non-hydrogen) atoms. The Morgan fingerprint density at radius 3 is 2.40 bits per heavy atom. The Morgan fingerprint density at radius 2 is 1.68 bits per heavy atom. The topological polar surface area (TPSA) is 66.0 Å². The molecule has 134 valence electrons. The molecule has 0 fully saturated rings. The number of benzene rings is 2. The van der Waals surface area contributed by atoms with Gasteiger partial charge in [-0.25, -0.2) is 0 Å². The van der Waals surface area contributed by atoms with E-state index >= 15 is 0 Å². The van der Waals surface area contributed by atoms with Crippen molar-refractivity contribution in [2.75, 3.05) is 34.5 Å². The first-order valence-corrected chi connectivity index (χ1v) is 7.90. The molecule has 0 heterocycles. The molecule has 0 bridgehead atoms. The van der Waals surface area contributed by atoms with Crippen LogP contribution in [0.25, 0.3) is 0 Å². The van der Waals surface area contributed by atoms with Crippen LogP contribution in [0.5, 0.6) is 23.0 Å². The summed E-state index contributed by atoms with van der Waals surface area (Å²) in [6, 6.07) is 12.8. The van der Waals surface area contributed by atoms with E-state index in [0.29, 0.717) is 30.4 Å². The van der Waals surface area contributed by atoms with E-state index in [1.807, 2.05) is 24.3 Å². The summed E-state index contributed by atoms with van der Waals surface area (Å²) in [5.74, 6) is 2.59. The number of hydrogen-bond acceptors (Lipinski definition) is 5. The van der Waals surface area contributed by atoms with Crippen LogP contribution in [-0.2, 0) is 11.2 Å². The van der Waals surface area contributed by atoms with Gasteiger partial charge in [-0.05, 0) is 29.8 Å². The van der Waals surface area contributed by atoms with Crippen molar-refractivity contribution in [2.24, 2.45) is 0 Å². The molecule has 0 aromatic heterocycles. The zero-order chi connectivity index (χ0) is 18.1. The van der Waals surface area contributed by atoms with Gasteiger partial charge in [-0.3, -0.25) is 4.79 Å². The SMILES string of the molecule is COc1cccc(OCCNC(=O)Cc2ccc(OC)c(OC)c2)c1. The lowest BCUT2D eigenvalue weighted by molar-refractivity contribution is -0.120. The zero-order valence-electron chi connectivity index (χ0n) is 14.7. The molecule has 0 aliphatic carbocycles. The average molecular weight is 345 g/mol. The van der Waals surface area contributed by atoms with E-state index in [1.165, 1.54) is 0 Å². The molecular formula is C19H23NO5. The molecule has 6 heteroatoms. The lowest BCUT2D eigenvalue weighted by Gasteiger charge is -2.10. The quantitative estimate of drug-likeness (QED) is 0.707. The summed E-state index contributed by atoms with van der Waals surface area (Å²) in [5, 5.41) is 2.83. The molecule has 0 atom stereocenters. The van der Waals surface area contributed by atoms with Crippen LogP contribution in [0, 0.1) is 0 Å². The van der Waals surface area contributed by atoms with E-state index in [0.717, 1.165) is 11.3 Å². The van der Waals surface area contributed by atoms with Gasteiger partial charge in [0.05, 0.1) is 34.3 Å². The highest BCUT2D eigenvalue weighted by Gasteiger charge is 2.08. The first-order chi connectivity index (χ1) is 12.2. The molecule has 2 aromatic carbocycles. The first kappa shape index (κ1) is 18.4. The van der Waals surface area contributed by atoms with Gasteiger partial charge in [0.1, 0.15) is 18.1 Å². The maximum absolute atomic E-state index is 12.0. The molecule has 2 aromatic rings. The average Bonchev–Trinajstić information content (AvgIpc) is 2.65. The van der Waals surface area contributed by atoms with Crippen LogP contribution in [0.4, 0.5) is 0 Å². The second kappa shape index (κ2) is 9.42. The molecule has 2 rings (SSSR count). The van der Waals surface area contributed by atoms with E-state index in [-0.39, 0.29) is 12.3 Å². The van der Waals surface area contributed by atoms with Crippen LogP contribution in [0.1, 0.15) is 5.56 Å². The Labute approximate surface area is 147 Å². The standard InChI is InChI=1S/C19H23NO5/c1-22-15-5-4-6-16(13-15)25-10-9-20-19(21)12-14-7-8-17(23-2)18(11-14)24-3/h4-8,11,13H,9-10,12H2,1-3H3,(H,20,21). The van der Waals surface area contributed by atoms with E-state index in [2.05, 4.69) is 5.32 Å². The summed E-state index contributed by atoms with van der Waals surface area (Å²) in [7, 11) is 4.75. The van der Waals surface area contributed by atoms with Crippen LogP contribution in [-0.4, -0.2) is 40.4 Å². The van der Waals surface area contributed by atoms with Crippen molar-refractivity contribution in [3.8, 4) is 23.0 Å². The number of hydrogen-bond donors (Lipinski definition) is 1. The molecule has 0 unspecified atom stereocenters. The number of methoxy groups -OCH3 is 3. The monoisotopic (exact) mass is 345 g/mol. The summed E-state index contributed by atoms with van der Waals surface area (Å²) >= 11 is 0. The third-order valence-corrected chi connectivity index (χ3v) is 3.55. The predicted octanol–water partition coefficient (Wildman–Crippen LogP) is 2.45. The number of nitrogens with one attached hydrogen (secondary N) is 1. The molecule has 0 aliphatic rings. The van der Waals surface area contributed by atoms with Crippen molar-refractivity contribution in [1.29, 1.82) is 0 Å². The Balaban J connectivity index is 1.77. The fourth-order valence-electron chi connectivity index (χ4n) is 2.29. The van der Waals surface area contributed by atoms with E-state index in [9.17, 15) is 4.79 Å². The minimum atomic E-state index is -0.0820. The second-order valence-corrected chi connectivity index (χ2v) is 5.24. The summed E-state index contributed by atoms with van der Waals surface area (Å²) in [6.45, 7) is 0.800. The van der Waals surface area contributed by atoms with Gasteiger partial charge in [-0.15, -0.1) is 0 Å². The normalized spacial score (nSPS) is 10.0. The van der Waals surface area contributed by atoms with Crippen molar-refractivity contribution < 1.29 is 23.7 Å². The highest BCUT2D eigenvalue weighted by Crippen LogP contribution is 2.27. The fourth-order valence-corrected chi connectivity index (χ4v) is 2.29. The molecule has 0 saturated heterocycles. The third kappa shape index (κ3) is 5.60. The maximum atomic E-state index is 12.0. The Kier molecular flexibility index (Phi) is 6.95. The van der Waals surface area contributed by atoms with Crippen LogP contribution in [0.3, 0.4) is 0 Å². The summed E-state index contributed by atoms with van der Waals surface area (Å²) in [6.07, 6.45) is 0.263. The second-order valence-electron chi connectivity index (χ2n) is 5.24. The molecular weight excluding hydrogens is 322 g/mol. The molecule has 0 spiro atoms. The summed E-state index contributed by atoms with van der Waals surface area (Å²) in [5.41, 5.74) is 0.851. The molecule has 0 saturated carbocycles. The third-order valence-electron chi connectivity index (χ3n) is 3.55. The van der Waals surface area contributed by atoms with Crippen molar-refractivity contribution in [3.05, 3.63) is 48.0 Å². The van der Waals surface area contributed by atoms with Gasteiger partial charge in [-0.1, -0.05) is 12.1 Å². The van der Waals surface area contributed by atoms with Gasteiger partial charge < -0.3 is 24.3 Å². The first-order valence-electron chi connectivity index (χ1n) is 7.90. The van der Waals surface area contributed by atoms with E-state index < -0.39 is 0 Å². The molecule has 0 radical (unpaired) electrons. The van der Waals surface area contributed by atoms with Crippen LogP contribution >= 0.6 is 0 Å². The number of carbonyl (C=O) groups is 1. The van der Waals surface area contributed by atoms with Crippen molar-refractivity contribution in [1.82, 2.24) is 5.32 Å². The predicted molar refractivity (Wildman–Crippen MR) is 94.7 cm³/mol. The van der Waals surface area contributed by atoms with Gasteiger partial charge in [0.15, 0.2) is 11.5 Å². The largest absolute Gasteiger partial charge is 0.497 e.